The average Bonchev–Trinajstić information content (AvgIpc) is 2.79. The Kier molecular flexibility index (Phi) is 4.22. The fourth-order valence-corrected chi connectivity index (χ4v) is 2.15. The fraction of sp³-hybridized carbons (Fsp3) is 0.400. The first kappa shape index (κ1) is 13.6. The van der Waals surface area contributed by atoms with Crippen LogP contribution in [0.3, 0.4) is 0 Å². The van der Waals surface area contributed by atoms with Crippen molar-refractivity contribution in [3.8, 4) is 17.0 Å². The van der Waals surface area contributed by atoms with E-state index in [0.29, 0.717) is 18.9 Å². The number of methoxy groups -OCH3 is 1. The Morgan fingerprint density at radius 1 is 1.37 bits per heavy atom. The predicted molar refractivity (Wildman–Crippen MR) is 75.4 cm³/mol. The lowest BCUT2D eigenvalue weighted by molar-refractivity contribution is 0.410. The molecule has 0 saturated carbocycles. The molecular formula is C15H20N2O2. The van der Waals surface area contributed by atoms with Gasteiger partial charge in [0.25, 0.3) is 0 Å². The summed E-state index contributed by atoms with van der Waals surface area (Å²) in [4.78, 5) is 4.51. The molecule has 0 amide bonds. The van der Waals surface area contributed by atoms with Crippen LogP contribution in [0.2, 0.25) is 0 Å². The highest BCUT2D eigenvalue weighted by Crippen LogP contribution is 2.29. The second-order valence-corrected chi connectivity index (χ2v) is 4.43. The molecule has 102 valence electrons. The third-order valence-electron chi connectivity index (χ3n) is 3.13. The zero-order valence-corrected chi connectivity index (χ0v) is 11.7. The molecular weight excluding hydrogens is 240 g/mol. The van der Waals surface area contributed by atoms with Crippen LogP contribution in [0.15, 0.2) is 22.6 Å². The largest absolute Gasteiger partial charge is 0.496 e. The fourth-order valence-electron chi connectivity index (χ4n) is 2.15. The van der Waals surface area contributed by atoms with Crippen molar-refractivity contribution in [1.82, 2.24) is 4.98 Å². The second kappa shape index (κ2) is 5.89. The predicted octanol–water partition coefficient (Wildman–Crippen LogP) is 2.72. The summed E-state index contributed by atoms with van der Waals surface area (Å²) in [5, 5.41) is 0. The number of hydrogen-bond donors (Lipinski definition) is 1. The van der Waals surface area contributed by atoms with E-state index in [2.05, 4.69) is 18.0 Å². The molecule has 0 aliphatic rings. The Morgan fingerprint density at radius 3 is 2.79 bits per heavy atom. The number of benzene rings is 1. The number of hydrogen-bond acceptors (Lipinski definition) is 4. The number of aromatic nitrogens is 1. The quantitative estimate of drug-likeness (QED) is 0.898. The molecule has 1 aromatic carbocycles. The molecule has 0 unspecified atom stereocenters. The number of nitrogens with two attached hydrogens (primary N) is 1. The Bertz CT molecular complexity index is 561. The second-order valence-electron chi connectivity index (χ2n) is 4.43. The molecule has 0 saturated heterocycles. The topological polar surface area (TPSA) is 61.3 Å². The average molecular weight is 260 g/mol. The van der Waals surface area contributed by atoms with Crippen LogP contribution in [0, 0.1) is 6.92 Å². The van der Waals surface area contributed by atoms with E-state index in [1.807, 2.05) is 19.1 Å². The van der Waals surface area contributed by atoms with Gasteiger partial charge in [-0.3, -0.25) is 0 Å². The van der Waals surface area contributed by atoms with E-state index in [9.17, 15) is 0 Å². The van der Waals surface area contributed by atoms with E-state index in [1.54, 1.807) is 7.11 Å². The van der Waals surface area contributed by atoms with E-state index in [0.717, 1.165) is 29.2 Å². The minimum atomic E-state index is 0.544. The molecule has 4 nitrogen and oxygen atoms in total. The summed E-state index contributed by atoms with van der Waals surface area (Å²) >= 11 is 0. The molecule has 0 aliphatic carbocycles. The van der Waals surface area contributed by atoms with Gasteiger partial charge in [0.05, 0.1) is 7.11 Å². The summed E-state index contributed by atoms with van der Waals surface area (Å²) in [6.07, 6.45) is 1.58. The molecule has 0 fully saturated rings. The van der Waals surface area contributed by atoms with Crippen molar-refractivity contribution in [2.45, 2.75) is 26.7 Å². The molecule has 0 radical (unpaired) electrons. The van der Waals surface area contributed by atoms with Gasteiger partial charge in [-0.05, 0) is 37.1 Å². The summed E-state index contributed by atoms with van der Waals surface area (Å²) in [6.45, 7) is 4.58. The van der Waals surface area contributed by atoms with Crippen molar-refractivity contribution in [3.05, 3.63) is 35.4 Å². The van der Waals surface area contributed by atoms with Crippen molar-refractivity contribution >= 4 is 0 Å². The molecule has 2 rings (SSSR count). The van der Waals surface area contributed by atoms with Crippen LogP contribution in [0.4, 0.5) is 0 Å². The molecule has 4 heteroatoms. The number of ether oxygens (including phenoxy) is 1. The number of nitrogens with zero attached hydrogens (tertiary/aromatic N) is 1. The van der Waals surface area contributed by atoms with Crippen molar-refractivity contribution in [2.75, 3.05) is 13.7 Å². The Morgan fingerprint density at radius 2 is 2.16 bits per heavy atom. The number of aryl methyl sites for hydroxylation is 2. The molecule has 0 aliphatic heterocycles. The number of oxazole rings is 1. The van der Waals surface area contributed by atoms with Crippen LogP contribution in [-0.4, -0.2) is 18.6 Å². The SMILES string of the molecule is CCc1cc(-c2nc(CCN)oc2C)ccc1OC. The molecule has 19 heavy (non-hydrogen) atoms. The maximum absolute atomic E-state index is 5.62. The van der Waals surface area contributed by atoms with Gasteiger partial charge in [-0.25, -0.2) is 4.98 Å². The summed E-state index contributed by atoms with van der Waals surface area (Å²) in [7, 11) is 1.69. The Balaban J connectivity index is 2.41. The van der Waals surface area contributed by atoms with Crippen LogP contribution >= 0.6 is 0 Å². The third-order valence-corrected chi connectivity index (χ3v) is 3.13. The standard InChI is InChI=1S/C15H20N2O2/c1-4-11-9-12(5-6-13(11)18-3)15-10(2)19-14(17-15)7-8-16/h5-6,9H,4,7-8,16H2,1-3H3. The molecule has 2 aromatic rings. The van der Waals surface area contributed by atoms with Crippen LogP contribution < -0.4 is 10.5 Å². The van der Waals surface area contributed by atoms with Gasteiger partial charge < -0.3 is 14.9 Å². The van der Waals surface area contributed by atoms with Crippen LogP contribution in [-0.2, 0) is 12.8 Å². The Labute approximate surface area is 113 Å². The molecule has 2 N–H and O–H groups in total. The van der Waals surface area contributed by atoms with Gasteiger partial charge in [0.15, 0.2) is 5.89 Å². The molecule has 1 aromatic heterocycles. The summed E-state index contributed by atoms with van der Waals surface area (Å²) in [5.74, 6) is 2.44. The van der Waals surface area contributed by atoms with Gasteiger partial charge in [-0.15, -0.1) is 0 Å². The van der Waals surface area contributed by atoms with Crippen LogP contribution in [0.5, 0.6) is 5.75 Å². The molecule has 0 atom stereocenters. The van der Waals surface area contributed by atoms with Crippen molar-refractivity contribution < 1.29 is 9.15 Å². The van der Waals surface area contributed by atoms with Gasteiger partial charge in [-0.2, -0.15) is 0 Å². The van der Waals surface area contributed by atoms with E-state index in [4.69, 9.17) is 14.9 Å². The normalized spacial score (nSPS) is 10.7. The highest BCUT2D eigenvalue weighted by atomic mass is 16.5. The first-order valence-electron chi connectivity index (χ1n) is 6.53. The van der Waals surface area contributed by atoms with E-state index >= 15 is 0 Å². The lowest BCUT2D eigenvalue weighted by Crippen LogP contribution is -2.02. The first-order chi connectivity index (χ1) is 9.19. The minimum absolute atomic E-state index is 0.544. The van der Waals surface area contributed by atoms with E-state index in [-0.39, 0.29) is 0 Å². The van der Waals surface area contributed by atoms with Crippen molar-refractivity contribution in [3.63, 3.8) is 0 Å². The van der Waals surface area contributed by atoms with Gasteiger partial charge in [0.1, 0.15) is 17.2 Å². The summed E-state index contributed by atoms with van der Waals surface area (Å²) in [5.41, 5.74) is 8.64. The zero-order chi connectivity index (χ0) is 13.8. The number of rotatable bonds is 5. The highest BCUT2D eigenvalue weighted by molar-refractivity contribution is 5.63. The van der Waals surface area contributed by atoms with Crippen LogP contribution in [0.25, 0.3) is 11.3 Å². The molecule has 0 bridgehead atoms. The smallest absolute Gasteiger partial charge is 0.196 e. The van der Waals surface area contributed by atoms with Gasteiger partial charge in [0, 0.05) is 18.5 Å². The highest BCUT2D eigenvalue weighted by Gasteiger charge is 2.13. The van der Waals surface area contributed by atoms with Gasteiger partial charge in [-0.1, -0.05) is 6.92 Å². The molecule has 0 spiro atoms. The summed E-state index contributed by atoms with van der Waals surface area (Å²) < 4.78 is 11.0. The Hall–Kier alpha value is -1.81. The molecule has 1 heterocycles. The lowest BCUT2D eigenvalue weighted by Gasteiger charge is -2.08. The van der Waals surface area contributed by atoms with Crippen molar-refractivity contribution in [1.29, 1.82) is 0 Å². The maximum Gasteiger partial charge on any atom is 0.196 e. The van der Waals surface area contributed by atoms with Gasteiger partial charge >= 0.3 is 0 Å². The third kappa shape index (κ3) is 2.79. The maximum atomic E-state index is 5.62. The van der Waals surface area contributed by atoms with E-state index in [1.165, 1.54) is 5.56 Å². The van der Waals surface area contributed by atoms with Gasteiger partial charge in [0.2, 0.25) is 0 Å². The van der Waals surface area contributed by atoms with Crippen molar-refractivity contribution in [2.24, 2.45) is 5.73 Å². The lowest BCUT2D eigenvalue weighted by atomic mass is 10.0. The van der Waals surface area contributed by atoms with E-state index < -0.39 is 0 Å². The first-order valence-corrected chi connectivity index (χ1v) is 6.53. The van der Waals surface area contributed by atoms with Crippen LogP contribution in [0.1, 0.15) is 24.1 Å². The monoisotopic (exact) mass is 260 g/mol. The zero-order valence-electron chi connectivity index (χ0n) is 11.7. The minimum Gasteiger partial charge on any atom is -0.496 e. The summed E-state index contributed by atoms with van der Waals surface area (Å²) in [6, 6.07) is 6.09.